The van der Waals surface area contributed by atoms with E-state index < -0.39 is 0 Å². The predicted octanol–water partition coefficient (Wildman–Crippen LogP) is 1.61. The van der Waals surface area contributed by atoms with Crippen molar-refractivity contribution in [3.63, 3.8) is 0 Å². The molecule has 0 N–H and O–H groups in total. The van der Waals surface area contributed by atoms with Gasteiger partial charge in [-0.15, -0.1) is 21.9 Å². The van der Waals surface area contributed by atoms with E-state index in [9.17, 15) is 4.39 Å². The zero-order valence-corrected chi connectivity index (χ0v) is 6.68. The summed E-state index contributed by atoms with van der Waals surface area (Å²) < 4.78 is 12.3. The number of benzene rings is 1. The summed E-state index contributed by atoms with van der Waals surface area (Å²) in [5.41, 5.74) is 0. The third-order valence-corrected chi connectivity index (χ3v) is 2.12. The van der Waals surface area contributed by atoms with Gasteiger partial charge in [0.2, 0.25) is 0 Å². The lowest BCUT2D eigenvalue weighted by atomic mass is 10.3. The van der Waals surface area contributed by atoms with Crippen LogP contribution in [0, 0.1) is 5.82 Å². The van der Waals surface area contributed by atoms with Crippen molar-refractivity contribution in [2.45, 2.75) is 4.90 Å². The van der Waals surface area contributed by atoms with Crippen LogP contribution >= 0.6 is 21.9 Å². The molecule has 0 aliphatic heterocycles. The SMILES string of the molecule is Fc1ccc(S)c(P)c1. The summed E-state index contributed by atoms with van der Waals surface area (Å²) in [5, 5.41) is 0.790. The Labute approximate surface area is 61.1 Å². The molecule has 0 bridgehead atoms. The molecule has 1 atom stereocenters. The van der Waals surface area contributed by atoms with Crippen LogP contribution in [0.2, 0.25) is 0 Å². The zero-order valence-electron chi connectivity index (χ0n) is 4.63. The van der Waals surface area contributed by atoms with Crippen molar-refractivity contribution in [2.24, 2.45) is 0 Å². The van der Waals surface area contributed by atoms with Crippen LogP contribution in [0.3, 0.4) is 0 Å². The highest BCUT2D eigenvalue weighted by Crippen LogP contribution is 2.06. The van der Waals surface area contributed by atoms with Crippen molar-refractivity contribution >= 4 is 27.2 Å². The van der Waals surface area contributed by atoms with E-state index in [-0.39, 0.29) is 5.82 Å². The molecule has 1 unspecified atom stereocenters. The molecular weight excluding hydrogens is 154 g/mol. The highest BCUT2D eigenvalue weighted by atomic mass is 32.1. The maximum Gasteiger partial charge on any atom is 0.123 e. The van der Waals surface area contributed by atoms with Crippen molar-refractivity contribution in [1.29, 1.82) is 0 Å². The lowest BCUT2D eigenvalue weighted by Crippen LogP contribution is -1.93. The quantitative estimate of drug-likeness (QED) is 0.432. The summed E-state index contributed by atoms with van der Waals surface area (Å²) in [4.78, 5) is 0.793. The molecule has 0 radical (unpaired) electrons. The average Bonchev–Trinajstić information content (AvgIpc) is 1.80. The number of hydrogen-bond donors (Lipinski definition) is 1. The third kappa shape index (κ3) is 1.67. The Morgan fingerprint density at radius 3 is 2.56 bits per heavy atom. The molecule has 0 fully saturated rings. The van der Waals surface area contributed by atoms with Crippen LogP contribution < -0.4 is 5.30 Å². The van der Waals surface area contributed by atoms with Gasteiger partial charge >= 0.3 is 0 Å². The summed E-state index contributed by atoms with van der Waals surface area (Å²) in [6.45, 7) is 0. The largest absolute Gasteiger partial charge is 0.207 e. The zero-order chi connectivity index (χ0) is 6.85. The van der Waals surface area contributed by atoms with Gasteiger partial charge in [0, 0.05) is 4.90 Å². The molecule has 0 aliphatic rings. The van der Waals surface area contributed by atoms with E-state index in [0.29, 0.717) is 0 Å². The molecule has 0 aliphatic carbocycles. The highest BCUT2D eigenvalue weighted by Gasteiger charge is 1.92. The van der Waals surface area contributed by atoms with E-state index in [1.54, 1.807) is 6.07 Å². The lowest BCUT2D eigenvalue weighted by molar-refractivity contribution is 0.628. The molecule has 0 saturated heterocycles. The van der Waals surface area contributed by atoms with Gasteiger partial charge in [-0.05, 0) is 23.5 Å². The van der Waals surface area contributed by atoms with Gasteiger partial charge in [0.1, 0.15) is 5.82 Å². The van der Waals surface area contributed by atoms with Crippen molar-refractivity contribution in [2.75, 3.05) is 0 Å². The van der Waals surface area contributed by atoms with E-state index in [1.165, 1.54) is 12.1 Å². The van der Waals surface area contributed by atoms with E-state index in [2.05, 4.69) is 21.9 Å². The standard InChI is InChI=1S/C6H6FPS/c7-4-1-2-6(9)5(8)3-4/h1-3,9H,8H2. The highest BCUT2D eigenvalue weighted by molar-refractivity contribution is 7.80. The number of halogens is 1. The summed E-state index contributed by atoms with van der Waals surface area (Å²) in [7, 11) is 2.40. The van der Waals surface area contributed by atoms with E-state index in [4.69, 9.17) is 0 Å². The number of rotatable bonds is 0. The fourth-order valence-electron chi connectivity index (χ4n) is 0.525. The topological polar surface area (TPSA) is 0 Å². The Bertz CT molecular complexity index is 224. The van der Waals surface area contributed by atoms with Crippen LogP contribution in [0.5, 0.6) is 0 Å². The monoisotopic (exact) mass is 160 g/mol. The summed E-state index contributed by atoms with van der Waals surface area (Å²) in [6, 6.07) is 4.43. The first kappa shape index (κ1) is 7.04. The van der Waals surface area contributed by atoms with E-state index >= 15 is 0 Å². The molecule has 9 heavy (non-hydrogen) atoms. The molecule has 0 aromatic heterocycles. The van der Waals surface area contributed by atoms with Gasteiger partial charge in [-0.1, -0.05) is 0 Å². The Kier molecular flexibility index (Phi) is 2.09. The second-order valence-electron chi connectivity index (χ2n) is 1.70. The molecule has 0 spiro atoms. The van der Waals surface area contributed by atoms with Crippen LogP contribution in [0.25, 0.3) is 0 Å². The summed E-state index contributed by atoms with van der Waals surface area (Å²) in [6.07, 6.45) is 0. The Balaban J connectivity index is 3.17. The maximum atomic E-state index is 12.3. The first-order valence-corrected chi connectivity index (χ1v) is 3.46. The fourth-order valence-corrected chi connectivity index (χ4v) is 0.920. The minimum Gasteiger partial charge on any atom is -0.207 e. The van der Waals surface area contributed by atoms with Crippen LogP contribution in [0.1, 0.15) is 0 Å². The molecular formula is C6H6FPS. The van der Waals surface area contributed by atoms with Crippen LogP contribution in [0.15, 0.2) is 23.1 Å². The first-order chi connectivity index (χ1) is 4.20. The molecule has 3 heteroatoms. The van der Waals surface area contributed by atoms with Gasteiger partial charge < -0.3 is 0 Å². The average molecular weight is 160 g/mol. The first-order valence-electron chi connectivity index (χ1n) is 2.44. The molecule has 0 amide bonds. The summed E-state index contributed by atoms with van der Waals surface area (Å²) >= 11 is 4.06. The molecule has 1 aromatic carbocycles. The Morgan fingerprint density at radius 1 is 1.44 bits per heavy atom. The minimum atomic E-state index is -0.224. The molecule has 0 heterocycles. The van der Waals surface area contributed by atoms with Gasteiger partial charge in [0.05, 0.1) is 0 Å². The second-order valence-corrected chi connectivity index (χ2v) is 2.81. The minimum absolute atomic E-state index is 0.224. The smallest absolute Gasteiger partial charge is 0.123 e. The Morgan fingerprint density at radius 2 is 2.11 bits per heavy atom. The van der Waals surface area contributed by atoms with Crippen molar-refractivity contribution in [3.8, 4) is 0 Å². The van der Waals surface area contributed by atoms with Gasteiger partial charge in [0.25, 0.3) is 0 Å². The number of hydrogen-bond acceptors (Lipinski definition) is 1. The van der Waals surface area contributed by atoms with E-state index in [0.717, 1.165) is 10.2 Å². The van der Waals surface area contributed by atoms with Crippen LogP contribution in [-0.2, 0) is 0 Å². The molecule has 48 valence electrons. The molecule has 0 nitrogen and oxygen atoms in total. The molecule has 1 aromatic rings. The normalized spacial score (nSPS) is 9.67. The fraction of sp³-hybridized carbons (Fsp3) is 0. The summed E-state index contributed by atoms with van der Waals surface area (Å²) in [5.74, 6) is -0.224. The van der Waals surface area contributed by atoms with Crippen molar-refractivity contribution in [1.82, 2.24) is 0 Å². The predicted molar refractivity (Wildman–Crippen MR) is 43.0 cm³/mol. The van der Waals surface area contributed by atoms with Gasteiger partial charge in [-0.2, -0.15) is 0 Å². The second kappa shape index (κ2) is 2.68. The van der Waals surface area contributed by atoms with Gasteiger partial charge in [-0.25, -0.2) is 4.39 Å². The number of thiol groups is 1. The molecule has 0 saturated carbocycles. The van der Waals surface area contributed by atoms with Crippen molar-refractivity contribution < 1.29 is 4.39 Å². The van der Waals surface area contributed by atoms with Crippen molar-refractivity contribution in [3.05, 3.63) is 24.0 Å². The van der Waals surface area contributed by atoms with Crippen LogP contribution in [-0.4, -0.2) is 0 Å². The van der Waals surface area contributed by atoms with Gasteiger partial charge in [-0.3, -0.25) is 0 Å². The van der Waals surface area contributed by atoms with Gasteiger partial charge in [0.15, 0.2) is 0 Å². The lowest BCUT2D eigenvalue weighted by Gasteiger charge is -1.95. The third-order valence-electron chi connectivity index (χ3n) is 0.990. The van der Waals surface area contributed by atoms with E-state index in [1.807, 2.05) is 0 Å². The molecule has 1 rings (SSSR count). The maximum absolute atomic E-state index is 12.3. The van der Waals surface area contributed by atoms with Crippen LogP contribution in [0.4, 0.5) is 4.39 Å². The Hall–Kier alpha value is -0.0700.